The lowest BCUT2D eigenvalue weighted by molar-refractivity contribution is -0.131. The van der Waals surface area contributed by atoms with E-state index in [1.165, 1.54) is 13.2 Å². The molecular formula is C22H23Br2NO6. The first-order valence-electron chi connectivity index (χ1n) is 9.35. The van der Waals surface area contributed by atoms with Gasteiger partial charge in [-0.15, -0.1) is 0 Å². The molecule has 31 heavy (non-hydrogen) atoms. The van der Waals surface area contributed by atoms with Crippen molar-refractivity contribution in [2.75, 3.05) is 12.4 Å². The number of nitrogens with one attached hydrogen (secondary N) is 1. The minimum absolute atomic E-state index is 0.0838. The molecule has 9 heteroatoms. The van der Waals surface area contributed by atoms with Gasteiger partial charge in [-0.1, -0.05) is 39.7 Å². The quantitative estimate of drug-likeness (QED) is 0.329. The Morgan fingerprint density at radius 1 is 1.19 bits per heavy atom. The number of aryl methyl sites for hydroxylation is 1. The average molecular weight is 557 g/mol. The van der Waals surface area contributed by atoms with Gasteiger partial charge in [0.1, 0.15) is 5.75 Å². The summed E-state index contributed by atoms with van der Waals surface area (Å²) in [7, 11) is 1.46. The SMILES string of the molecule is CO[C@@H](CC/C=C/C(=O)O)[C@@H](OC(=O)Nc1ccc(C)cc1)c1cc(Br)cc(Br)c1O. The molecule has 0 unspecified atom stereocenters. The highest BCUT2D eigenvalue weighted by atomic mass is 79.9. The van der Waals surface area contributed by atoms with Crippen LogP contribution in [-0.2, 0) is 14.3 Å². The largest absolute Gasteiger partial charge is 0.506 e. The van der Waals surface area contributed by atoms with Crippen molar-refractivity contribution in [2.45, 2.75) is 32.0 Å². The molecule has 0 saturated heterocycles. The van der Waals surface area contributed by atoms with Crippen LogP contribution in [0.4, 0.5) is 10.5 Å². The second-order valence-corrected chi connectivity index (χ2v) is 8.50. The van der Waals surface area contributed by atoms with Crippen molar-refractivity contribution in [1.29, 1.82) is 0 Å². The van der Waals surface area contributed by atoms with E-state index in [1.54, 1.807) is 24.3 Å². The number of carboxylic acids is 1. The van der Waals surface area contributed by atoms with Crippen molar-refractivity contribution >= 4 is 49.6 Å². The molecule has 1 amide bonds. The van der Waals surface area contributed by atoms with Crippen molar-refractivity contribution in [3.63, 3.8) is 0 Å². The number of benzene rings is 2. The van der Waals surface area contributed by atoms with Gasteiger partial charge in [0, 0.05) is 28.9 Å². The first-order valence-corrected chi connectivity index (χ1v) is 10.9. The Hall–Kier alpha value is -2.36. The highest BCUT2D eigenvalue weighted by Crippen LogP contribution is 2.39. The van der Waals surface area contributed by atoms with Crippen LogP contribution in [-0.4, -0.2) is 35.5 Å². The van der Waals surface area contributed by atoms with Gasteiger partial charge < -0.3 is 19.7 Å². The van der Waals surface area contributed by atoms with Crippen LogP contribution in [0.25, 0.3) is 0 Å². The number of anilines is 1. The van der Waals surface area contributed by atoms with Crippen LogP contribution in [0.15, 0.2) is 57.5 Å². The fourth-order valence-corrected chi connectivity index (χ4v) is 4.14. The van der Waals surface area contributed by atoms with Crippen LogP contribution < -0.4 is 5.32 Å². The zero-order valence-electron chi connectivity index (χ0n) is 17.0. The van der Waals surface area contributed by atoms with Gasteiger partial charge in [-0.05, 0) is 60.0 Å². The number of aliphatic carboxylic acids is 1. The molecule has 0 aliphatic rings. The predicted octanol–water partition coefficient (Wildman–Crippen LogP) is 5.95. The van der Waals surface area contributed by atoms with Gasteiger partial charge in [-0.2, -0.15) is 0 Å². The summed E-state index contributed by atoms with van der Waals surface area (Å²) in [6.45, 7) is 1.94. The van der Waals surface area contributed by atoms with E-state index >= 15 is 0 Å². The number of aromatic hydroxyl groups is 1. The van der Waals surface area contributed by atoms with Crippen molar-refractivity contribution in [3.05, 3.63) is 68.6 Å². The molecule has 0 saturated carbocycles. The standard InChI is InChI=1S/C22H23Br2NO6/c1-13-7-9-15(10-8-13)25-22(29)31-21(16-11-14(23)12-17(24)20(16)28)18(30-2)5-3-4-6-19(26)27/h4,6-12,18,21,28H,3,5H2,1-2H3,(H,25,29)(H,26,27)/b6-4+/t18-,21-/m0/s1. The van der Waals surface area contributed by atoms with Crippen LogP contribution >= 0.6 is 31.9 Å². The Morgan fingerprint density at radius 3 is 2.48 bits per heavy atom. The summed E-state index contributed by atoms with van der Waals surface area (Å²) in [5.74, 6) is -1.13. The Labute approximate surface area is 197 Å². The number of phenolic OH excluding ortho intramolecular Hbond substituents is 1. The molecule has 0 fully saturated rings. The van der Waals surface area contributed by atoms with Crippen LogP contribution in [0.1, 0.15) is 30.1 Å². The van der Waals surface area contributed by atoms with E-state index < -0.39 is 24.3 Å². The molecule has 0 heterocycles. The predicted molar refractivity (Wildman–Crippen MR) is 124 cm³/mol. The third-order valence-electron chi connectivity index (χ3n) is 4.41. The Balaban J connectivity index is 2.29. The van der Waals surface area contributed by atoms with E-state index in [2.05, 4.69) is 37.2 Å². The maximum Gasteiger partial charge on any atom is 0.412 e. The van der Waals surface area contributed by atoms with E-state index in [-0.39, 0.29) is 5.75 Å². The molecule has 0 aromatic heterocycles. The van der Waals surface area contributed by atoms with E-state index in [0.717, 1.165) is 11.6 Å². The molecule has 2 aromatic carbocycles. The summed E-state index contributed by atoms with van der Waals surface area (Å²) < 4.78 is 12.3. The topological polar surface area (TPSA) is 105 Å². The van der Waals surface area contributed by atoms with Gasteiger partial charge in [-0.3, -0.25) is 5.32 Å². The molecule has 7 nitrogen and oxygen atoms in total. The van der Waals surface area contributed by atoms with E-state index in [1.807, 2.05) is 19.1 Å². The summed E-state index contributed by atoms with van der Waals surface area (Å²) >= 11 is 6.67. The average Bonchev–Trinajstić information content (AvgIpc) is 2.71. The molecule has 0 aliphatic heterocycles. The number of phenols is 1. The summed E-state index contributed by atoms with van der Waals surface area (Å²) in [5, 5.41) is 22.0. The number of hydrogen-bond donors (Lipinski definition) is 3. The lowest BCUT2D eigenvalue weighted by Gasteiger charge is -2.27. The lowest BCUT2D eigenvalue weighted by Crippen LogP contribution is -2.28. The zero-order chi connectivity index (χ0) is 23.0. The third kappa shape index (κ3) is 7.68. The molecule has 166 valence electrons. The Bertz CT molecular complexity index is 946. The van der Waals surface area contributed by atoms with Crippen LogP contribution in [0.5, 0.6) is 5.75 Å². The molecule has 3 N–H and O–H groups in total. The van der Waals surface area contributed by atoms with Crippen LogP contribution in [0, 0.1) is 6.92 Å². The fraction of sp³-hybridized carbons (Fsp3) is 0.273. The molecular weight excluding hydrogens is 534 g/mol. The highest BCUT2D eigenvalue weighted by molar-refractivity contribution is 9.11. The number of halogens is 2. The molecule has 0 bridgehead atoms. The summed E-state index contributed by atoms with van der Waals surface area (Å²) in [4.78, 5) is 23.3. The number of ether oxygens (including phenoxy) is 2. The van der Waals surface area contributed by atoms with E-state index in [4.69, 9.17) is 14.6 Å². The molecule has 2 aromatic rings. The smallest absolute Gasteiger partial charge is 0.412 e. The molecule has 2 rings (SSSR count). The Kier molecular flexibility index (Phi) is 9.54. The van der Waals surface area contributed by atoms with E-state index in [9.17, 15) is 14.7 Å². The van der Waals surface area contributed by atoms with Gasteiger partial charge in [0.05, 0.1) is 10.6 Å². The first-order chi connectivity index (χ1) is 14.7. The molecule has 0 aliphatic carbocycles. The minimum atomic E-state index is -1.05. The van der Waals surface area contributed by atoms with Crippen molar-refractivity contribution in [2.24, 2.45) is 0 Å². The summed E-state index contributed by atoms with van der Waals surface area (Å²) in [6, 6.07) is 10.5. The lowest BCUT2D eigenvalue weighted by atomic mass is 9.99. The second-order valence-electron chi connectivity index (χ2n) is 6.73. The van der Waals surface area contributed by atoms with Crippen molar-refractivity contribution in [1.82, 2.24) is 0 Å². The highest BCUT2D eigenvalue weighted by Gasteiger charge is 2.30. The molecule has 2 atom stereocenters. The number of hydrogen-bond acceptors (Lipinski definition) is 5. The first kappa shape index (κ1) is 24.9. The molecule has 0 radical (unpaired) electrons. The minimum Gasteiger partial charge on any atom is -0.506 e. The van der Waals surface area contributed by atoms with Gasteiger partial charge in [0.15, 0.2) is 6.10 Å². The van der Waals surface area contributed by atoms with Crippen molar-refractivity contribution < 1.29 is 29.3 Å². The third-order valence-corrected chi connectivity index (χ3v) is 5.48. The van der Waals surface area contributed by atoms with E-state index in [0.29, 0.717) is 33.0 Å². The Morgan fingerprint density at radius 2 is 1.87 bits per heavy atom. The number of carbonyl (C=O) groups excluding carboxylic acids is 1. The number of methoxy groups -OCH3 is 1. The number of carboxylic acid groups (broad SMARTS) is 1. The number of amides is 1. The number of rotatable bonds is 9. The monoisotopic (exact) mass is 555 g/mol. The van der Waals surface area contributed by atoms with Crippen molar-refractivity contribution in [3.8, 4) is 5.75 Å². The number of allylic oxidation sites excluding steroid dienone is 1. The van der Waals surface area contributed by atoms with Gasteiger partial charge in [0.2, 0.25) is 0 Å². The summed E-state index contributed by atoms with van der Waals surface area (Å²) in [5.41, 5.74) is 1.95. The summed E-state index contributed by atoms with van der Waals surface area (Å²) in [6.07, 6.45) is 0.949. The van der Waals surface area contributed by atoms with Crippen LogP contribution in [0.3, 0.4) is 0 Å². The second kappa shape index (κ2) is 11.9. The van der Waals surface area contributed by atoms with Gasteiger partial charge >= 0.3 is 12.1 Å². The normalized spacial score (nSPS) is 13.0. The fourth-order valence-electron chi connectivity index (χ4n) is 2.88. The number of carbonyl (C=O) groups is 2. The van der Waals surface area contributed by atoms with Gasteiger partial charge in [0.25, 0.3) is 0 Å². The van der Waals surface area contributed by atoms with Crippen LogP contribution in [0.2, 0.25) is 0 Å². The molecule has 0 spiro atoms. The zero-order valence-corrected chi connectivity index (χ0v) is 20.1. The maximum absolute atomic E-state index is 12.6. The maximum atomic E-state index is 12.6. The van der Waals surface area contributed by atoms with Gasteiger partial charge in [-0.25, -0.2) is 9.59 Å².